The number of hydrogen-bond donors (Lipinski definition) is 3. The molecule has 26 heavy (non-hydrogen) atoms. The maximum absolute atomic E-state index is 12.4. The number of amides is 1. The Labute approximate surface area is 152 Å². The fourth-order valence-corrected chi connectivity index (χ4v) is 2.59. The Bertz CT molecular complexity index is 696. The molecule has 0 aliphatic heterocycles. The summed E-state index contributed by atoms with van der Waals surface area (Å²) in [5, 5.41) is 21.2. The minimum absolute atomic E-state index is 0.0468. The first kappa shape index (κ1) is 21.3. The van der Waals surface area contributed by atoms with Crippen LogP contribution in [-0.2, 0) is 0 Å². The quantitative estimate of drug-likeness (QED) is 0.409. The summed E-state index contributed by atoms with van der Waals surface area (Å²) < 4.78 is 0. The lowest BCUT2D eigenvalue weighted by Gasteiger charge is -2.12. The third-order valence-electron chi connectivity index (χ3n) is 4.05. The zero-order valence-corrected chi connectivity index (χ0v) is 15.1. The summed E-state index contributed by atoms with van der Waals surface area (Å²) in [5.74, 6) is -3.92. The van der Waals surface area contributed by atoms with Gasteiger partial charge in [-0.05, 0) is 18.6 Å². The van der Waals surface area contributed by atoms with E-state index in [0.717, 1.165) is 44.2 Å². The summed E-state index contributed by atoms with van der Waals surface area (Å²) in [4.78, 5) is 47.2. The molecule has 1 amide bonds. The molecule has 0 bridgehead atoms. The van der Waals surface area contributed by atoms with Crippen LogP contribution in [0.25, 0.3) is 0 Å². The molecule has 0 radical (unpaired) electrons. The van der Waals surface area contributed by atoms with Crippen LogP contribution < -0.4 is 5.32 Å². The van der Waals surface area contributed by atoms with Gasteiger partial charge in [0.2, 0.25) is 0 Å². The molecule has 0 spiro atoms. The van der Waals surface area contributed by atoms with Gasteiger partial charge in [0.15, 0.2) is 5.78 Å². The molecule has 0 unspecified atom stereocenters. The van der Waals surface area contributed by atoms with E-state index in [9.17, 15) is 29.4 Å². The predicted molar refractivity (Wildman–Crippen MR) is 96.1 cm³/mol. The molecule has 7 nitrogen and oxygen atoms in total. The van der Waals surface area contributed by atoms with E-state index < -0.39 is 34.8 Å². The van der Waals surface area contributed by atoms with Crippen LogP contribution in [0.15, 0.2) is 12.1 Å². The lowest BCUT2D eigenvalue weighted by Crippen LogP contribution is -2.27. The molecular formula is C19H25NO6. The van der Waals surface area contributed by atoms with E-state index in [4.69, 9.17) is 0 Å². The molecule has 0 saturated heterocycles. The Balaban J connectivity index is 3.07. The minimum atomic E-state index is -1.42. The van der Waals surface area contributed by atoms with Gasteiger partial charge in [-0.3, -0.25) is 9.59 Å². The van der Waals surface area contributed by atoms with Crippen molar-refractivity contribution in [1.82, 2.24) is 5.32 Å². The number of aromatic carboxylic acids is 2. The standard InChI is InChI=1S/C19H25NO6/c1-3-5-6-7-8-9-20-17(22)13-10-12(16(21)4-2)14(18(23)24)11-15(13)19(25)26/h10-11H,3-9H2,1-2H3,(H,20,22)(H,23,24)(H,25,26). The van der Waals surface area contributed by atoms with Crippen LogP contribution in [0.2, 0.25) is 0 Å². The van der Waals surface area contributed by atoms with Crippen molar-refractivity contribution < 1.29 is 29.4 Å². The van der Waals surface area contributed by atoms with Gasteiger partial charge in [-0.1, -0.05) is 39.5 Å². The molecule has 0 atom stereocenters. The van der Waals surface area contributed by atoms with Crippen molar-refractivity contribution in [3.05, 3.63) is 34.4 Å². The second kappa shape index (κ2) is 10.3. The van der Waals surface area contributed by atoms with Crippen LogP contribution in [0, 0.1) is 0 Å². The number of carbonyl (C=O) groups excluding carboxylic acids is 2. The molecule has 7 heteroatoms. The van der Waals surface area contributed by atoms with E-state index in [-0.39, 0.29) is 17.5 Å². The molecule has 0 aliphatic rings. The molecule has 0 saturated carbocycles. The number of carboxylic acid groups (broad SMARTS) is 2. The van der Waals surface area contributed by atoms with Gasteiger partial charge in [-0.2, -0.15) is 0 Å². The van der Waals surface area contributed by atoms with Gasteiger partial charge in [0.1, 0.15) is 0 Å². The minimum Gasteiger partial charge on any atom is -0.478 e. The van der Waals surface area contributed by atoms with E-state index in [1.54, 1.807) is 6.92 Å². The molecule has 142 valence electrons. The summed E-state index contributed by atoms with van der Waals surface area (Å²) in [6, 6.07) is 1.95. The number of hydrogen-bond acceptors (Lipinski definition) is 4. The Morgan fingerprint density at radius 2 is 1.35 bits per heavy atom. The molecule has 0 heterocycles. The second-order valence-corrected chi connectivity index (χ2v) is 6.00. The lowest BCUT2D eigenvalue weighted by atomic mass is 9.94. The van der Waals surface area contributed by atoms with E-state index in [2.05, 4.69) is 12.2 Å². The number of carbonyl (C=O) groups is 4. The molecule has 0 aliphatic carbocycles. The van der Waals surface area contributed by atoms with Gasteiger partial charge in [-0.15, -0.1) is 0 Å². The number of Topliss-reactive ketones (excluding diaryl/α,β-unsaturated/α-hetero) is 1. The Morgan fingerprint density at radius 1 is 0.808 bits per heavy atom. The molecule has 3 N–H and O–H groups in total. The summed E-state index contributed by atoms with van der Waals surface area (Å²) in [5.41, 5.74) is -1.20. The first-order valence-electron chi connectivity index (χ1n) is 8.79. The summed E-state index contributed by atoms with van der Waals surface area (Å²) in [6.45, 7) is 4.06. The molecular weight excluding hydrogens is 338 g/mol. The third kappa shape index (κ3) is 5.68. The van der Waals surface area contributed by atoms with Crippen molar-refractivity contribution in [3.8, 4) is 0 Å². The normalized spacial score (nSPS) is 10.4. The zero-order valence-electron chi connectivity index (χ0n) is 15.1. The molecule has 1 aromatic carbocycles. The highest BCUT2D eigenvalue weighted by atomic mass is 16.4. The van der Waals surface area contributed by atoms with Gasteiger partial charge in [0, 0.05) is 18.5 Å². The van der Waals surface area contributed by atoms with Crippen LogP contribution in [0.1, 0.15) is 93.8 Å². The fourth-order valence-electron chi connectivity index (χ4n) is 2.59. The monoisotopic (exact) mass is 363 g/mol. The van der Waals surface area contributed by atoms with Gasteiger partial charge in [-0.25, -0.2) is 9.59 Å². The largest absolute Gasteiger partial charge is 0.478 e. The van der Waals surface area contributed by atoms with Crippen molar-refractivity contribution in [2.75, 3.05) is 6.54 Å². The highest BCUT2D eigenvalue weighted by Gasteiger charge is 2.24. The van der Waals surface area contributed by atoms with Crippen molar-refractivity contribution in [1.29, 1.82) is 0 Å². The number of unbranched alkanes of at least 4 members (excludes halogenated alkanes) is 4. The fraction of sp³-hybridized carbons (Fsp3) is 0.474. The molecule has 1 aromatic rings. The SMILES string of the molecule is CCCCCCCNC(=O)c1cc(C(=O)CC)c(C(=O)O)cc1C(=O)O. The van der Waals surface area contributed by atoms with Gasteiger partial charge in [0.05, 0.1) is 16.7 Å². The van der Waals surface area contributed by atoms with Crippen LogP contribution in [-0.4, -0.2) is 40.4 Å². The first-order valence-corrected chi connectivity index (χ1v) is 8.79. The predicted octanol–water partition coefficient (Wildman–Crippen LogP) is 3.38. The highest BCUT2D eigenvalue weighted by Crippen LogP contribution is 2.20. The van der Waals surface area contributed by atoms with Crippen LogP contribution in [0.4, 0.5) is 0 Å². The van der Waals surface area contributed by atoms with E-state index >= 15 is 0 Å². The zero-order chi connectivity index (χ0) is 19.7. The average molecular weight is 363 g/mol. The topological polar surface area (TPSA) is 121 Å². The highest BCUT2D eigenvalue weighted by molar-refractivity contribution is 6.12. The lowest BCUT2D eigenvalue weighted by molar-refractivity contribution is 0.0688. The van der Waals surface area contributed by atoms with Crippen LogP contribution in [0.5, 0.6) is 0 Å². The van der Waals surface area contributed by atoms with Crippen LogP contribution in [0.3, 0.4) is 0 Å². The average Bonchev–Trinajstić information content (AvgIpc) is 2.62. The smallest absolute Gasteiger partial charge is 0.336 e. The third-order valence-corrected chi connectivity index (χ3v) is 4.05. The van der Waals surface area contributed by atoms with Crippen molar-refractivity contribution in [2.24, 2.45) is 0 Å². The second-order valence-electron chi connectivity index (χ2n) is 6.00. The maximum Gasteiger partial charge on any atom is 0.336 e. The van der Waals surface area contributed by atoms with Crippen LogP contribution >= 0.6 is 0 Å². The van der Waals surface area contributed by atoms with Crippen molar-refractivity contribution in [2.45, 2.75) is 52.4 Å². The van der Waals surface area contributed by atoms with Crippen molar-refractivity contribution >= 4 is 23.6 Å². The number of benzene rings is 1. The number of ketones is 1. The van der Waals surface area contributed by atoms with Gasteiger partial charge >= 0.3 is 11.9 Å². The summed E-state index contributed by atoms with van der Waals surface area (Å²) >= 11 is 0. The summed E-state index contributed by atoms with van der Waals surface area (Å²) in [7, 11) is 0. The number of nitrogens with one attached hydrogen (secondary N) is 1. The van der Waals surface area contributed by atoms with E-state index in [1.165, 1.54) is 0 Å². The first-order chi connectivity index (χ1) is 12.3. The van der Waals surface area contributed by atoms with E-state index in [0.29, 0.717) is 6.54 Å². The van der Waals surface area contributed by atoms with Gasteiger partial charge in [0.25, 0.3) is 5.91 Å². The Kier molecular flexibility index (Phi) is 8.48. The molecule has 1 rings (SSSR count). The Morgan fingerprint density at radius 3 is 1.88 bits per heavy atom. The maximum atomic E-state index is 12.4. The Hall–Kier alpha value is -2.70. The van der Waals surface area contributed by atoms with Gasteiger partial charge < -0.3 is 15.5 Å². The number of rotatable bonds is 11. The summed E-state index contributed by atoms with van der Waals surface area (Å²) in [6.07, 6.45) is 5.06. The number of carboxylic acids is 2. The van der Waals surface area contributed by atoms with Crippen molar-refractivity contribution in [3.63, 3.8) is 0 Å². The molecule has 0 fully saturated rings. The van der Waals surface area contributed by atoms with E-state index in [1.807, 2.05) is 0 Å². The molecule has 0 aromatic heterocycles.